The van der Waals surface area contributed by atoms with Crippen LogP contribution in [0, 0.1) is 13.8 Å². The van der Waals surface area contributed by atoms with Gasteiger partial charge in [-0.25, -0.2) is 4.98 Å². The molecule has 1 amide bonds. The smallest absolute Gasteiger partial charge is 0.283 e. The summed E-state index contributed by atoms with van der Waals surface area (Å²) in [4.78, 5) is 19.7. The number of rotatable bonds is 4. The van der Waals surface area contributed by atoms with E-state index in [0.717, 1.165) is 16.1 Å². The Balaban J connectivity index is 2.15. The minimum Gasteiger partial charge on any atom is -0.333 e. The van der Waals surface area contributed by atoms with Crippen LogP contribution >= 0.6 is 11.3 Å². The highest BCUT2D eigenvalue weighted by atomic mass is 32.1. The van der Waals surface area contributed by atoms with Crippen LogP contribution in [0.1, 0.15) is 32.9 Å². The second-order valence-corrected chi connectivity index (χ2v) is 5.67. The maximum absolute atomic E-state index is 12.4. The van der Waals surface area contributed by atoms with E-state index in [-0.39, 0.29) is 5.91 Å². The summed E-state index contributed by atoms with van der Waals surface area (Å²) in [7, 11) is 0. The largest absolute Gasteiger partial charge is 0.333 e. The molecule has 1 heterocycles. The molecule has 0 fully saturated rings. The molecular formula is C15H18N2OS. The summed E-state index contributed by atoms with van der Waals surface area (Å²) in [6.45, 7) is 7.25. The normalized spacial score (nSPS) is 10.5. The fraction of sp³-hybridized carbons (Fsp3) is 0.333. The van der Waals surface area contributed by atoms with Gasteiger partial charge >= 0.3 is 0 Å². The van der Waals surface area contributed by atoms with Gasteiger partial charge in [-0.1, -0.05) is 30.3 Å². The number of thiazole rings is 1. The monoisotopic (exact) mass is 274 g/mol. The maximum Gasteiger partial charge on any atom is 0.283 e. The molecule has 0 saturated heterocycles. The minimum absolute atomic E-state index is 0.0209. The topological polar surface area (TPSA) is 33.2 Å². The molecule has 0 N–H and O–H groups in total. The molecule has 2 rings (SSSR count). The van der Waals surface area contributed by atoms with Crippen molar-refractivity contribution in [3.05, 3.63) is 51.5 Å². The minimum atomic E-state index is 0.0209. The first kappa shape index (κ1) is 13.7. The van der Waals surface area contributed by atoms with E-state index in [2.05, 4.69) is 4.98 Å². The number of benzene rings is 1. The van der Waals surface area contributed by atoms with Gasteiger partial charge in [0.2, 0.25) is 0 Å². The first-order chi connectivity index (χ1) is 9.11. The molecule has 0 saturated carbocycles. The Morgan fingerprint density at radius 3 is 2.47 bits per heavy atom. The summed E-state index contributed by atoms with van der Waals surface area (Å²) in [5.41, 5.74) is 2.09. The lowest BCUT2D eigenvalue weighted by atomic mass is 10.2. The van der Waals surface area contributed by atoms with Crippen molar-refractivity contribution in [1.82, 2.24) is 9.88 Å². The molecule has 0 spiro atoms. The quantitative estimate of drug-likeness (QED) is 0.856. The summed E-state index contributed by atoms with van der Waals surface area (Å²) in [6.07, 6.45) is 0. The molecule has 0 aliphatic rings. The van der Waals surface area contributed by atoms with Crippen LogP contribution < -0.4 is 0 Å². The Hall–Kier alpha value is -1.68. The third-order valence-electron chi connectivity index (χ3n) is 3.10. The molecule has 0 atom stereocenters. The molecule has 0 aliphatic heterocycles. The molecule has 0 unspecified atom stereocenters. The lowest BCUT2D eigenvalue weighted by molar-refractivity contribution is 0.0752. The molecule has 1 aromatic carbocycles. The highest BCUT2D eigenvalue weighted by Crippen LogP contribution is 2.19. The standard InChI is InChI=1S/C15H18N2OS/c1-4-17(10-13-8-6-5-7-9-13)15(18)14-16-11(2)12(3)19-14/h5-9H,4,10H2,1-3H3. The summed E-state index contributed by atoms with van der Waals surface area (Å²) in [5.74, 6) is 0.0209. The van der Waals surface area contributed by atoms with Gasteiger partial charge in [0.15, 0.2) is 5.01 Å². The maximum atomic E-state index is 12.4. The van der Waals surface area contributed by atoms with E-state index in [1.807, 2.05) is 56.0 Å². The van der Waals surface area contributed by atoms with Crippen LogP contribution in [0.2, 0.25) is 0 Å². The Bertz CT molecular complexity index is 543. The third-order valence-corrected chi connectivity index (χ3v) is 4.16. The fourth-order valence-corrected chi connectivity index (χ4v) is 2.71. The third kappa shape index (κ3) is 3.20. The number of nitrogens with zero attached hydrogens (tertiary/aromatic N) is 2. The number of hydrogen-bond donors (Lipinski definition) is 0. The van der Waals surface area contributed by atoms with Crippen molar-refractivity contribution < 1.29 is 4.79 Å². The second kappa shape index (κ2) is 5.97. The molecule has 0 bridgehead atoms. The molecule has 3 nitrogen and oxygen atoms in total. The van der Waals surface area contributed by atoms with Gasteiger partial charge in [0, 0.05) is 18.0 Å². The van der Waals surface area contributed by atoms with Gasteiger partial charge in [-0.2, -0.15) is 0 Å². The van der Waals surface area contributed by atoms with Crippen LogP contribution in [-0.2, 0) is 6.54 Å². The van der Waals surface area contributed by atoms with Crippen molar-refractivity contribution in [2.45, 2.75) is 27.3 Å². The lowest BCUT2D eigenvalue weighted by Gasteiger charge is -2.19. The fourth-order valence-electron chi connectivity index (χ4n) is 1.83. The van der Waals surface area contributed by atoms with E-state index in [9.17, 15) is 4.79 Å². The van der Waals surface area contributed by atoms with Crippen LogP contribution in [0.25, 0.3) is 0 Å². The molecule has 4 heteroatoms. The zero-order valence-electron chi connectivity index (χ0n) is 11.5. The van der Waals surface area contributed by atoms with Crippen LogP contribution in [-0.4, -0.2) is 22.3 Å². The Morgan fingerprint density at radius 1 is 1.26 bits per heavy atom. The predicted molar refractivity (Wildman–Crippen MR) is 78.4 cm³/mol. The van der Waals surface area contributed by atoms with Crippen LogP contribution in [0.15, 0.2) is 30.3 Å². The van der Waals surface area contributed by atoms with Crippen molar-refractivity contribution in [1.29, 1.82) is 0 Å². The first-order valence-corrected chi connectivity index (χ1v) is 7.20. The molecule has 100 valence electrons. The summed E-state index contributed by atoms with van der Waals surface area (Å²) < 4.78 is 0. The van der Waals surface area contributed by atoms with Gasteiger partial charge in [-0.05, 0) is 26.3 Å². The van der Waals surface area contributed by atoms with E-state index in [4.69, 9.17) is 0 Å². The van der Waals surface area contributed by atoms with Crippen molar-refractivity contribution in [2.24, 2.45) is 0 Å². The van der Waals surface area contributed by atoms with Gasteiger partial charge in [0.05, 0.1) is 5.69 Å². The molecule has 0 aliphatic carbocycles. The zero-order valence-corrected chi connectivity index (χ0v) is 12.3. The average Bonchev–Trinajstić information content (AvgIpc) is 2.76. The number of aryl methyl sites for hydroxylation is 2. The van der Waals surface area contributed by atoms with Crippen molar-refractivity contribution in [3.8, 4) is 0 Å². The number of hydrogen-bond acceptors (Lipinski definition) is 3. The SMILES string of the molecule is CCN(Cc1ccccc1)C(=O)c1nc(C)c(C)s1. The summed E-state index contributed by atoms with van der Waals surface area (Å²) in [5, 5.41) is 0.591. The van der Waals surface area contributed by atoms with Crippen molar-refractivity contribution in [2.75, 3.05) is 6.54 Å². The predicted octanol–water partition coefficient (Wildman–Crippen LogP) is 3.42. The van der Waals surface area contributed by atoms with Gasteiger partial charge in [-0.3, -0.25) is 4.79 Å². The van der Waals surface area contributed by atoms with Gasteiger partial charge in [0.1, 0.15) is 0 Å². The second-order valence-electron chi connectivity index (χ2n) is 4.47. The molecular weight excluding hydrogens is 256 g/mol. The summed E-state index contributed by atoms with van der Waals surface area (Å²) >= 11 is 1.47. The highest BCUT2D eigenvalue weighted by molar-refractivity contribution is 7.13. The molecule has 1 aromatic heterocycles. The van der Waals surface area contributed by atoms with Gasteiger partial charge in [0.25, 0.3) is 5.91 Å². The van der Waals surface area contributed by atoms with E-state index < -0.39 is 0 Å². The van der Waals surface area contributed by atoms with Crippen LogP contribution in [0.4, 0.5) is 0 Å². The lowest BCUT2D eigenvalue weighted by Crippen LogP contribution is -2.30. The zero-order chi connectivity index (χ0) is 13.8. The molecule has 0 radical (unpaired) electrons. The first-order valence-electron chi connectivity index (χ1n) is 6.39. The number of carbonyl (C=O) groups is 1. The van der Waals surface area contributed by atoms with Crippen LogP contribution in [0.5, 0.6) is 0 Å². The van der Waals surface area contributed by atoms with Crippen molar-refractivity contribution >= 4 is 17.2 Å². The van der Waals surface area contributed by atoms with E-state index in [1.165, 1.54) is 11.3 Å². The van der Waals surface area contributed by atoms with Crippen molar-refractivity contribution in [3.63, 3.8) is 0 Å². The van der Waals surface area contributed by atoms with Gasteiger partial charge in [-0.15, -0.1) is 11.3 Å². The Labute approximate surface area is 117 Å². The van der Waals surface area contributed by atoms with Gasteiger partial charge < -0.3 is 4.90 Å². The highest BCUT2D eigenvalue weighted by Gasteiger charge is 2.18. The Morgan fingerprint density at radius 2 is 1.95 bits per heavy atom. The molecule has 19 heavy (non-hydrogen) atoms. The molecule has 2 aromatic rings. The van der Waals surface area contributed by atoms with E-state index in [0.29, 0.717) is 18.1 Å². The number of carbonyl (C=O) groups excluding carboxylic acids is 1. The number of aromatic nitrogens is 1. The summed E-state index contributed by atoms with van der Waals surface area (Å²) in [6, 6.07) is 10.0. The van der Waals surface area contributed by atoms with Crippen LogP contribution in [0.3, 0.4) is 0 Å². The number of amides is 1. The average molecular weight is 274 g/mol. The Kier molecular flexibility index (Phi) is 4.32. The van der Waals surface area contributed by atoms with E-state index >= 15 is 0 Å². The van der Waals surface area contributed by atoms with E-state index in [1.54, 1.807) is 0 Å².